The quantitative estimate of drug-likeness (QED) is 0.785. The Morgan fingerprint density at radius 3 is 2.50 bits per heavy atom. The molecule has 0 bridgehead atoms. The number of aryl methyl sites for hydroxylation is 2. The van der Waals surface area contributed by atoms with E-state index in [-0.39, 0.29) is 6.61 Å². The molecule has 0 heterocycles. The van der Waals surface area contributed by atoms with Gasteiger partial charge in [-0.05, 0) is 71.2 Å². The van der Waals surface area contributed by atoms with Crippen molar-refractivity contribution in [3.05, 3.63) is 57.6 Å². The zero-order valence-electron chi connectivity index (χ0n) is 13.7. The first-order valence-corrected chi connectivity index (χ1v) is 8.08. The molecule has 0 aliphatic carbocycles. The Kier molecular flexibility index (Phi) is 5.98. The minimum absolute atomic E-state index is 0.299. The maximum absolute atomic E-state index is 12.1. The van der Waals surface area contributed by atoms with Gasteiger partial charge in [-0.2, -0.15) is 0 Å². The Labute approximate surface area is 149 Å². The molecule has 1 N–H and O–H groups in total. The Morgan fingerprint density at radius 1 is 1.08 bits per heavy atom. The second-order valence-corrected chi connectivity index (χ2v) is 6.12. The van der Waals surface area contributed by atoms with Crippen LogP contribution >= 0.6 is 15.9 Å². The minimum atomic E-state index is -0.601. The topological polar surface area (TPSA) is 64.6 Å². The average Bonchev–Trinajstić information content (AvgIpc) is 2.56. The predicted molar refractivity (Wildman–Crippen MR) is 95.5 cm³/mol. The van der Waals surface area contributed by atoms with Gasteiger partial charge in [-0.15, -0.1) is 0 Å². The third-order valence-corrected chi connectivity index (χ3v) is 4.21. The Bertz CT molecular complexity index is 774. The maximum atomic E-state index is 12.1. The van der Waals surface area contributed by atoms with Gasteiger partial charge >= 0.3 is 5.97 Å². The molecule has 0 spiro atoms. The van der Waals surface area contributed by atoms with Crippen LogP contribution in [0.15, 0.2) is 40.9 Å². The van der Waals surface area contributed by atoms with E-state index < -0.39 is 11.9 Å². The summed E-state index contributed by atoms with van der Waals surface area (Å²) in [7, 11) is 1.51. The molecule has 0 aliphatic rings. The van der Waals surface area contributed by atoms with Crippen LogP contribution in [0.1, 0.15) is 21.5 Å². The van der Waals surface area contributed by atoms with Crippen LogP contribution in [0.3, 0.4) is 0 Å². The summed E-state index contributed by atoms with van der Waals surface area (Å²) in [6.07, 6.45) is 0. The molecule has 24 heavy (non-hydrogen) atoms. The molecule has 0 unspecified atom stereocenters. The highest BCUT2D eigenvalue weighted by Crippen LogP contribution is 2.23. The molecule has 126 valence electrons. The molecule has 0 saturated carbocycles. The summed E-state index contributed by atoms with van der Waals surface area (Å²) < 4.78 is 10.7. The number of ether oxygens (including phenoxy) is 2. The molecule has 0 radical (unpaired) electrons. The normalized spacial score (nSPS) is 10.2. The Hall–Kier alpha value is -2.34. The van der Waals surface area contributed by atoms with Gasteiger partial charge in [0, 0.05) is 10.2 Å². The van der Waals surface area contributed by atoms with E-state index >= 15 is 0 Å². The van der Waals surface area contributed by atoms with Gasteiger partial charge in [-0.1, -0.05) is 6.07 Å². The van der Waals surface area contributed by atoms with Gasteiger partial charge in [0.1, 0.15) is 5.75 Å². The fourth-order valence-electron chi connectivity index (χ4n) is 2.01. The van der Waals surface area contributed by atoms with E-state index in [0.29, 0.717) is 21.5 Å². The molecular formula is C18H18BrNO4. The van der Waals surface area contributed by atoms with E-state index in [2.05, 4.69) is 21.2 Å². The molecule has 5 nitrogen and oxygen atoms in total. The van der Waals surface area contributed by atoms with Crippen LogP contribution in [0, 0.1) is 13.8 Å². The number of amides is 1. The van der Waals surface area contributed by atoms with Gasteiger partial charge in [0.25, 0.3) is 5.91 Å². The molecule has 2 aromatic rings. The van der Waals surface area contributed by atoms with Crippen LogP contribution in [0.2, 0.25) is 0 Å². The van der Waals surface area contributed by atoms with Gasteiger partial charge in [0.05, 0.1) is 12.7 Å². The van der Waals surface area contributed by atoms with E-state index in [9.17, 15) is 9.59 Å². The van der Waals surface area contributed by atoms with Gasteiger partial charge in [0.2, 0.25) is 0 Å². The molecule has 1 amide bonds. The lowest BCUT2D eigenvalue weighted by atomic mass is 10.1. The zero-order chi connectivity index (χ0) is 17.7. The number of anilines is 1. The smallest absolute Gasteiger partial charge is 0.339 e. The minimum Gasteiger partial charge on any atom is -0.497 e. The maximum Gasteiger partial charge on any atom is 0.339 e. The number of esters is 1. The van der Waals surface area contributed by atoms with Crippen molar-refractivity contribution in [3.63, 3.8) is 0 Å². The highest BCUT2D eigenvalue weighted by atomic mass is 79.9. The monoisotopic (exact) mass is 391 g/mol. The zero-order valence-corrected chi connectivity index (χ0v) is 15.3. The fraction of sp³-hybridized carbons (Fsp3) is 0.222. The first-order valence-electron chi connectivity index (χ1n) is 7.28. The van der Waals surface area contributed by atoms with Crippen LogP contribution in [-0.2, 0) is 9.53 Å². The second-order valence-electron chi connectivity index (χ2n) is 5.27. The van der Waals surface area contributed by atoms with Crippen molar-refractivity contribution in [2.24, 2.45) is 0 Å². The SMILES string of the molecule is COc1ccc(Br)c(C(=O)OCC(=O)Nc2ccc(C)c(C)c2)c1. The Balaban J connectivity index is 1.96. The van der Waals surface area contributed by atoms with E-state index in [1.165, 1.54) is 7.11 Å². The molecule has 0 saturated heterocycles. The highest BCUT2D eigenvalue weighted by molar-refractivity contribution is 9.10. The molecule has 2 aromatic carbocycles. The second kappa shape index (κ2) is 7.97. The van der Waals surface area contributed by atoms with Crippen molar-refractivity contribution in [1.82, 2.24) is 0 Å². The lowest BCUT2D eigenvalue weighted by molar-refractivity contribution is -0.119. The van der Waals surface area contributed by atoms with Gasteiger partial charge in [0.15, 0.2) is 6.61 Å². The van der Waals surface area contributed by atoms with Crippen LogP contribution in [-0.4, -0.2) is 25.6 Å². The molecule has 0 aliphatic heterocycles. The van der Waals surface area contributed by atoms with E-state index in [0.717, 1.165) is 11.1 Å². The third-order valence-electron chi connectivity index (χ3n) is 3.52. The van der Waals surface area contributed by atoms with Gasteiger partial charge in [-0.25, -0.2) is 4.79 Å². The molecule has 0 fully saturated rings. The molecule has 6 heteroatoms. The van der Waals surface area contributed by atoms with Crippen molar-refractivity contribution in [3.8, 4) is 5.75 Å². The third kappa shape index (κ3) is 4.58. The van der Waals surface area contributed by atoms with E-state index in [4.69, 9.17) is 9.47 Å². The summed E-state index contributed by atoms with van der Waals surface area (Å²) in [6.45, 7) is 3.59. The van der Waals surface area contributed by atoms with Crippen molar-refractivity contribution < 1.29 is 19.1 Å². The summed E-state index contributed by atoms with van der Waals surface area (Å²) >= 11 is 3.28. The van der Waals surface area contributed by atoms with Crippen LogP contribution in [0.5, 0.6) is 5.75 Å². The molecular weight excluding hydrogens is 374 g/mol. The summed E-state index contributed by atoms with van der Waals surface area (Å²) in [6, 6.07) is 10.5. The summed E-state index contributed by atoms with van der Waals surface area (Å²) in [4.78, 5) is 24.0. The summed E-state index contributed by atoms with van der Waals surface area (Å²) in [5.74, 6) is -0.466. The number of benzene rings is 2. The highest BCUT2D eigenvalue weighted by Gasteiger charge is 2.15. The van der Waals surface area contributed by atoms with Gasteiger partial charge in [-0.3, -0.25) is 4.79 Å². The van der Waals surface area contributed by atoms with E-state index in [1.54, 1.807) is 24.3 Å². The van der Waals surface area contributed by atoms with E-state index in [1.807, 2.05) is 26.0 Å². The van der Waals surface area contributed by atoms with Crippen molar-refractivity contribution in [2.75, 3.05) is 19.0 Å². The van der Waals surface area contributed by atoms with Gasteiger partial charge < -0.3 is 14.8 Å². The van der Waals surface area contributed by atoms with Crippen LogP contribution in [0.4, 0.5) is 5.69 Å². The predicted octanol–water partition coefficient (Wildman–Crippen LogP) is 3.87. The number of halogens is 1. The lowest BCUT2D eigenvalue weighted by Gasteiger charge is -2.09. The first kappa shape index (κ1) is 18.0. The van der Waals surface area contributed by atoms with Crippen molar-refractivity contribution in [2.45, 2.75) is 13.8 Å². The molecule has 0 aromatic heterocycles. The number of rotatable bonds is 5. The Morgan fingerprint density at radius 2 is 1.83 bits per heavy atom. The molecule has 0 atom stereocenters. The largest absolute Gasteiger partial charge is 0.497 e. The number of carbonyl (C=O) groups excluding carboxylic acids is 2. The standard InChI is InChI=1S/C18H18BrNO4/c1-11-4-5-13(8-12(11)2)20-17(21)10-24-18(22)15-9-14(23-3)6-7-16(15)19/h4-9H,10H2,1-3H3,(H,20,21). The lowest BCUT2D eigenvalue weighted by Crippen LogP contribution is -2.21. The number of methoxy groups -OCH3 is 1. The fourth-order valence-corrected chi connectivity index (χ4v) is 2.42. The number of hydrogen-bond donors (Lipinski definition) is 1. The van der Waals surface area contributed by atoms with Crippen molar-refractivity contribution >= 4 is 33.5 Å². The molecule has 2 rings (SSSR count). The summed E-state index contributed by atoms with van der Waals surface area (Å²) in [5.41, 5.74) is 3.18. The average molecular weight is 392 g/mol. The number of nitrogens with one attached hydrogen (secondary N) is 1. The van der Waals surface area contributed by atoms with Crippen LogP contribution in [0.25, 0.3) is 0 Å². The summed E-state index contributed by atoms with van der Waals surface area (Å²) in [5, 5.41) is 2.70. The van der Waals surface area contributed by atoms with Crippen molar-refractivity contribution in [1.29, 1.82) is 0 Å². The van der Waals surface area contributed by atoms with Crippen LogP contribution < -0.4 is 10.1 Å². The first-order chi connectivity index (χ1) is 11.4. The number of hydrogen-bond acceptors (Lipinski definition) is 4. The number of carbonyl (C=O) groups is 2.